The summed E-state index contributed by atoms with van der Waals surface area (Å²) in [4.78, 5) is 26.6. The normalized spacial score (nSPS) is 22.4. The zero-order chi connectivity index (χ0) is 20.9. The van der Waals surface area contributed by atoms with Gasteiger partial charge in [-0.05, 0) is 30.5 Å². The molecular formula is C24H32N3O3+. The number of rotatable bonds is 8. The minimum absolute atomic E-state index is 0.0690. The number of aromatic nitrogens is 1. The van der Waals surface area contributed by atoms with Crippen LogP contribution in [0.4, 0.5) is 5.69 Å². The quantitative estimate of drug-likeness (QED) is 0.693. The number of fused-ring (bicyclic) bond motifs is 4. The molecule has 160 valence electrons. The van der Waals surface area contributed by atoms with E-state index in [4.69, 9.17) is 4.74 Å². The van der Waals surface area contributed by atoms with Gasteiger partial charge in [0.15, 0.2) is 0 Å². The summed E-state index contributed by atoms with van der Waals surface area (Å²) in [6.45, 7) is 4.51. The van der Waals surface area contributed by atoms with Crippen LogP contribution < -0.4 is 15.8 Å². The molecule has 4 rings (SSSR count). The Labute approximate surface area is 177 Å². The highest BCUT2D eigenvalue weighted by molar-refractivity contribution is 5.90. The van der Waals surface area contributed by atoms with Gasteiger partial charge in [0.05, 0.1) is 32.7 Å². The minimum Gasteiger partial charge on any atom is -0.384 e. The molecule has 0 saturated carbocycles. The van der Waals surface area contributed by atoms with E-state index in [9.17, 15) is 9.59 Å². The van der Waals surface area contributed by atoms with Gasteiger partial charge in [0.2, 0.25) is 5.91 Å². The summed E-state index contributed by atoms with van der Waals surface area (Å²) in [5, 5.41) is 2.76. The smallest absolute Gasteiger partial charge is 0.274 e. The number of pyridine rings is 1. The summed E-state index contributed by atoms with van der Waals surface area (Å²) in [5.41, 5.74) is 2.85. The molecule has 2 bridgehead atoms. The second-order valence-electron chi connectivity index (χ2n) is 8.67. The molecule has 1 fully saturated rings. The molecule has 2 aliphatic rings. The maximum atomic E-state index is 13.0. The number of carbonyl (C=O) groups excluding carboxylic acids is 1. The van der Waals surface area contributed by atoms with Crippen molar-refractivity contribution in [1.82, 2.24) is 4.57 Å². The van der Waals surface area contributed by atoms with Gasteiger partial charge < -0.3 is 19.5 Å². The first kappa shape index (κ1) is 20.8. The van der Waals surface area contributed by atoms with Gasteiger partial charge >= 0.3 is 0 Å². The van der Waals surface area contributed by atoms with Crippen LogP contribution in [-0.4, -0.2) is 43.8 Å². The summed E-state index contributed by atoms with van der Waals surface area (Å²) in [5.74, 6) is 0.773. The molecule has 2 aromatic rings. The van der Waals surface area contributed by atoms with Crippen molar-refractivity contribution < 1.29 is 14.4 Å². The molecule has 1 unspecified atom stereocenters. The topological polar surface area (TPSA) is 64.8 Å². The first-order valence-corrected chi connectivity index (χ1v) is 11.0. The molecule has 3 atom stereocenters. The number of piperidine rings is 1. The minimum atomic E-state index is -0.181. The van der Waals surface area contributed by atoms with Crippen LogP contribution in [0.5, 0.6) is 0 Å². The zero-order valence-corrected chi connectivity index (χ0v) is 17.7. The molecule has 2 N–H and O–H groups in total. The van der Waals surface area contributed by atoms with E-state index in [0.29, 0.717) is 24.1 Å². The van der Waals surface area contributed by atoms with Gasteiger partial charge in [-0.15, -0.1) is 0 Å². The highest BCUT2D eigenvalue weighted by atomic mass is 16.5. The van der Waals surface area contributed by atoms with Crippen molar-refractivity contribution >= 4 is 11.6 Å². The Bertz CT molecular complexity index is 925. The Hall–Kier alpha value is -2.44. The maximum absolute atomic E-state index is 13.0. The van der Waals surface area contributed by atoms with E-state index in [1.165, 1.54) is 24.9 Å². The summed E-state index contributed by atoms with van der Waals surface area (Å²) in [7, 11) is 1.56. The number of ether oxygens (including phenoxy) is 1. The van der Waals surface area contributed by atoms with Crippen molar-refractivity contribution in [1.29, 1.82) is 0 Å². The Morgan fingerprint density at radius 1 is 1.20 bits per heavy atom. The average Bonchev–Trinajstić information content (AvgIpc) is 2.75. The number of benzene rings is 1. The Balaban J connectivity index is 1.39. The predicted molar refractivity (Wildman–Crippen MR) is 117 cm³/mol. The first-order valence-electron chi connectivity index (χ1n) is 11.0. The number of hydrogen-bond acceptors (Lipinski definition) is 3. The molecule has 30 heavy (non-hydrogen) atoms. The van der Waals surface area contributed by atoms with Gasteiger partial charge in [0.1, 0.15) is 5.69 Å². The maximum Gasteiger partial charge on any atom is 0.274 e. The van der Waals surface area contributed by atoms with Gasteiger partial charge in [0, 0.05) is 37.6 Å². The van der Waals surface area contributed by atoms with Gasteiger partial charge in [-0.2, -0.15) is 0 Å². The fraction of sp³-hybridized carbons (Fsp3) is 0.500. The second-order valence-corrected chi connectivity index (χ2v) is 8.67. The second kappa shape index (κ2) is 9.58. The third kappa shape index (κ3) is 4.82. The van der Waals surface area contributed by atoms with Crippen LogP contribution >= 0.6 is 0 Å². The third-order valence-corrected chi connectivity index (χ3v) is 6.44. The molecule has 1 aromatic heterocycles. The van der Waals surface area contributed by atoms with E-state index in [0.717, 1.165) is 31.7 Å². The van der Waals surface area contributed by atoms with Crippen molar-refractivity contribution in [2.24, 2.45) is 5.92 Å². The number of likely N-dealkylation sites (tertiary alicyclic amines) is 1. The van der Waals surface area contributed by atoms with E-state index < -0.39 is 0 Å². The van der Waals surface area contributed by atoms with Crippen LogP contribution in [0.15, 0.2) is 47.3 Å². The van der Waals surface area contributed by atoms with Crippen LogP contribution in [0, 0.1) is 5.92 Å². The van der Waals surface area contributed by atoms with Gasteiger partial charge in [0.25, 0.3) is 5.56 Å². The van der Waals surface area contributed by atoms with Crippen molar-refractivity contribution in [2.45, 2.75) is 38.1 Å². The van der Waals surface area contributed by atoms with Gasteiger partial charge in [-0.3, -0.25) is 9.59 Å². The molecule has 6 nitrogen and oxygen atoms in total. The molecule has 1 saturated heterocycles. The van der Waals surface area contributed by atoms with Crippen LogP contribution in [0.3, 0.4) is 0 Å². The van der Waals surface area contributed by atoms with Crippen molar-refractivity contribution in [3.8, 4) is 0 Å². The number of carbonyl (C=O) groups is 1. The lowest BCUT2D eigenvalue weighted by atomic mass is 9.83. The molecule has 0 spiro atoms. The lowest BCUT2D eigenvalue weighted by molar-refractivity contribution is -0.911. The zero-order valence-electron chi connectivity index (χ0n) is 17.7. The van der Waals surface area contributed by atoms with Crippen LogP contribution in [-0.2, 0) is 22.5 Å². The highest BCUT2D eigenvalue weighted by Crippen LogP contribution is 2.30. The Kier molecular flexibility index (Phi) is 6.65. The summed E-state index contributed by atoms with van der Waals surface area (Å²) in [6, 6.07) is 14.5. The van der Waals surface area contributed by atoms with Crippen LogP contribution in [0.25, 0.3) is 0 Å². The standard InChI is InChI=1S/C24H31N3O3/c1-30-13-11-23(28)25-21-9-10-22-20-14-19(16-27(22)24(21)29)15-26(17-20)12-5-8-18-6-3-2-4-7-18/h2-4,6-7,9-10,19-20H,5,8,11-17H2,1H3,(H,25,28)/p+1/t19-,20+/m0/s1. The lowest BCUT2D eigenvalue weighted by Gasteiger charge is -2.40. The number of aryl methyl sites for hydroxylation is 1. The largest absolute Gasteiger partial charge is 0.384 e. The Morgan fingerprint density at radius 3 is 2.83 bits per heavy atom. The molecule has 1 amide bonds. The molecule has 0 radical (unpaired) electrons. The number of nitrogens with one attached hydrogen (secondary N) is 2. The molecule has 6 heteroatoms. The third-order valence-electron chi connectivity index (χ3n) is 6.44. The highest BCUT2D eigenvalue weighted by Gasteiger charge is 2.37. The lowest BCUT2D eigenvalue weighted by Crippen LogP contribution is -3.14. The molecule has 3 heterocycles. The molecular weight excluding hydrogens is 378 g/mol. The summed E-state index contributed by atoms with van der Waals surface area (Å²) >= 11 is 0. The SMILES string of the molecule is COCCC(=O)Nc1ccc2n(c1=O)C[C@H]1C[C@@H]2C[NH+](CCCc2ccccc2)C1. The monoisotopic (exact) mass is 410 g/mol. The molecule has 0 aliphatic carbocycles. The first-order chi connectivity index (χ1) is 14.6. The number of nitrogens with zero attached hydrogens (tertiary/aromatic N) is 1. The van der Waals surface area contributed by atoms with E-state index in [1.54, 1.807) is 18.1 Å². The van der Waals surface area contributed by atoms with E-state index in [2.05, 4.69) is 35.6 Å². The number of methoxy groups -OCH3 is 1. The number of hydrogen-bond donors (Lipinski definition) is 2. The van der Waals surface area contributed by atoms with E-state index in [-0.39, 0.29) is 17.9 Å². The number of quaternary nitrogens is 1. The van der Waals surface area contributed by atoms with E-state index >= 15 is 0 Å². The molecule has 1 aromatic carbocycles. The molecule has 2 aliphatic heterocycles. The van der Waals surface area contributed by atoms with Gasteiger partial charge in [-0.1, -0.05) is 30.3 Å². The van der Waals surface area contributed by atoms with Crippen molar-refractivity contribution in [2.75, 3.05) is 38.7 Å². The summed E-state index contributed by atoms with van der Waals surface area (Å²) < 4.78 is 6.85. The van der Waals surface area contributed by atoms with Crippen molar-refractivity contribution in [3.63, 3.8) is 0 Å². The average molecular weight is 411 g/mol. The fourth-order valence-corrected chi connectivity index (χ4v) is 5.06. The number of amides is 1. The van der Waals surface area contributed by atoms with E-state index in [1.807, 2.05) is 10.6 Å². The van der Waals surface area contributed by atoms with Crippen LogP contribution in [0.2, 0.25) is 0 Å². The fourth-order valence-electron chi connectivity index (χ4n) is 5.06. The van der Waals surface area contributed by atoms with Crippen molar-refractivity contribution in [3.05, 3.63) is 64.1 Å². The van der Waals surface area contributed by atoms with Crippen LogP contribution in [0.1, 0.15) is 36.4 Å². The summed E-state index contributed by atoms with van der Waals surface area (Å²) in [6.07, 6.45) is 3.74. The van der Waals surface area contributed by atoms with Gasteiger partial charge in [-0.25, -0.2) is 0 Å². The number of anilines is 1. The Morgan fingerprint density at radius 2 is 2.03 bits per heavy atom. The predicted octanol–water partition coefficient (Wildman–Crippen LogP) is 1.46.